The van der Waals surface area contributed by atoms with Crippen LogP contribution >= 0.6 is 0 Å². The summed E-state index contributed by atoms with van der Waals surface area (Å²) in [4.78, 5) is 8.12. The molecule has 1 fully saturated rings. The number of nitrogen functional groups attached to an aromatic ring is 1. The van der Waals surface area contributed by atoms with E-state index >= 15 is 0 Å². The summed E-state index contributed by atoms with van der Waals surface area (Å²) in [6, 6.07) is 1.63. The molecule has 1 aliphatic rings. The first-order chi connectivity index (χ1) is 8.98. The molecule has 2 rings (SSSR count). The van der Waals surface area contributed by atoms with Crippen molar-refractivity contribution in [2.24, 2.45) is 0 Å². The standard InChI is InChI=1S/C11H19N5O2S/c1-2-13-9-6-10(16-11(12)15-9)14-8-4-3-5-19(17,18)7-8/h6,8H,2-5,7H2,1H3,(H4,12,13,14,15,16). The molecule has 1 aromatic heterocycles. The SMILES string of the molecule is CCNc1cc(NC2CCCS(=O)(=O)C2)nc(N)n1. The molecule has 0 aliphatic carbocycles. The maximum atomic E-state index is 11.6. The van der Waals surface area contributed by atoms with Crippen LogP contribution in [0.15, 0.2) is 6.07 Å². The van der Waals surface area contributed by atoms with Crippen LogP contribution in [0, 0.1) is 0 Å². The van der Waals surface area contributed by atoms with Crippen LogP contribution in [-0.4, -0.2) is 42.5 Å². The largest absolute Gasteiger partial charge is 0.370 e. The van der Waals surface area contributed by atoms with Crippen LogP contribution in [0.3, 0.4) is 0 Å². The number of sulfone groups is 1. The summed E-state index contributed by atoms with van der Waals surface area (Å²) in [6.45, 7) is 2.69. The highest BCUT2D eigenvalue weighted by Crippen LogP contribution is 2.18. The summed E-state index contributed by atoms with van der Waals surface area (Å²) in [7, 11) is -2.94. The average Bonchev–Trinajstić information content (AvgIpc) is 2.26. The number of rotatable bonds is 4. The predicted octanol–water partition coefficient (Wildman–Crippen LogP) is 0.480. The minimum Gasteiger partial charge on any atom is -0.370 e. The van der Waals surface area contributed by atoms with Gasteiger partial charge in [-0.15, -0.1) is 0 Å². The number of aromatic nitrogens is 2. The van der Waals surface area contributed by atoms with E-state index in [2.05, 4.69) is 20.6 Å². The summed E-state index contributed by atoms with van der Waals surface area (Å²) in [5, 5.41) is 6.18. The molecule has 1 atom stereocenters. The molecule has 1 aliphatic heterocycles. The van der Waals surface area contributed by atoms with Gasteiger partial charge in [0.05, 0.1) is 11.5 Å². The highest BCUT2D eigenvalue weighted by molar-refractivity contribution is 7.91. The zero-order valence-corrected chi connectivity index (χ0v) is 11.7. The molecule has 2 heterocycles. The Labute approximate surface area is 112 Å². The summed E-state index contributed by atoms with van der Waals surface area (Å²) >= 11 is 0. The topological polar surface area (TPSA) is 110 Å². The lowest BCUT2D eigenvalue weighted by molar-refractivity contribution is 0.561. The monoisotopic (exact) mass is 285 g/mol. The van der Waals surface area contributed by atoms with Crippen molar-refractivity contribution in [3.63, 3.8) is 0 Å². The molecule has 0 bridgehead atoms. The van der Waals surface area contributed by atoms with Gasteiger partial charge in [0.15, 0.2) is 9.84 Å². The van der Waals surface area contributed by atoms with Gasteiger partial charge in [-0.3, -0.25) is 0 Å². The third kappa shape index (κ3) is 3.95. The molecule has 1 saturated heterocycles. The van der Waals surface area contributed by atoms with Crippen molar-refractivity contribution < 1.29 is 8.42 Å². The molecule has 0 aromatic carbocycles. The first-order valence-electron chi connectivity index (χ1n) is 6.34. The first-order valence-corrected chi connectivity index (χ1v) is 8.16. The van der Waals surface area contributed by atoms with Crippen LogP contribution in [0.5, 0.6) is 0 Å². The average molecular weight is 285 g/mol. The molecular formula is C11H19N5O2S. The predicted molar refractivity (Wildman–Crippen MR) is 75.9 cm³/mol. The number of nitrogens with one attached hydrogen (secondary N) is 2. The lowest BCUT2D eigenvalue weighted by Crippen LogP contribution is -2.35. The second kappa shape index (κ2) is 5.60. The lowest BCUT2D eigenvalue weighted by Gasteiger charge is -2.23. The molecule has 106 valence electrons. The molecule has 0 amide bonds. The summed E-state index contributed by atoms with van der Waals surface area (Å²) in [5.74, 6) is 1.79. The summed E-state index contributed by atoms with van der Waals surface area (Å²) < 4.78 is 23.2. The minimum absolute atomic E-state index is 0.109. The maximum Gasteiger partial charge on any atom is 0.223 e. The Bertz CT molecular complexity index is 546. The van der Waals surface area contributed by atoms with E-state index in [4.69, 9.17) is 5.73 Å². The van der Waals surface area contributed by atoms with Crippen LogP contribution < -0.4 is 16.4 Å². The Hall–Kier alpha value is -1.57. The third-order valence-corrected chi connectivity index (χ3v) is 4.74. The minimum atomic E-state index is -2.94. The molecule has 8 heteroatoms. The van der Waals surface area contributed by atoms with E-state index < -0.39 is 9.84 Å². The number of nitrogens with zero attached hydrogens (tertiary/aromatic N) is 2. The normalized spacial score (nSPS) is 21.8. The van der Waals surface area contributed by atoms with Crippen molar-refractivity contribution in [2.45, 2.75) is 25.8 Å². The van der Waals surface area contributed by atoms with Crippen LogP contribution in [0.2, 0.25) is 0 Å². The van der Waals surface area contributed by atoms with Gasteiger partial charge in [0.2, 0.25) is 5.95 Å². The fourth-order valence-electron chi connectivity index (χ4n) is 2.16. The first kappa shape index (κ1) is 13.9. The van der Waals surface area contributed by atoms with E-state index in [1.807, 2.05) is 6.92 Å². The van der Waals surface area contributed by atoms with Gasteiger partial charge in [-0.2, -0.15) is 9.97 Å². The van der Waals surface area contributed by atoms with Crippen LogP contribution in [0.1, 0.15) is 19.8 Å². The highest BCUT2D eigenvalue weighted by atomic mass is 32.2. The van der Waals surface area contributed by atoms with Crippen molar-refractivity contribution >= 4 is 27.4 Å². The molecule has 4 N–H and O–H groups in total. The van der Waals surface area contributed by atoms with Crippen molar-refractivity contribution in [1.82, 2.24) is 9.97 Å². The van der Waals surface area contributed by atoms with Crippen LogP contribution in [0.4, 0.5) is 17.6 Å². The zero-order valence-electron chi connectivity index (χ0n) is 10.9. The number of anilines is 3. The van der Waals surface area contributed by atoms with Gasteiger partial charge in [0, 0.05) is 18.7 Å². The molecule has 0 radical (unpaired) electrons. The van der Waals surface area contributed by atoms with Crippen molar-refractivity contribution in [2.75, 3.05) is 34.4 Å². The van der Waals surface area contributed by atoms with E-state index in [0.717, 1.165) is 13.0 Å². The molecule has 1 unspecified atom stereocenters. The van der Waals surface area contributed by atoms with Crippen molar-refractivity contribution in [1.29, 1.82) is 0 Å². The van der Waals surface area contributed by atoms with Crippen molar-refractivity contribution in [3.8, 4) is 0 Å². The van der Waals surface area contributed by atoms with Gasteiger partial charge in [-0.25, -0.2) is 8.42 Å². The Morgan fingerprint density at radius 1 is 1.42 bits per heavy atom. The number of hydrogen-bond acceptors (Lipinski definition) is 7. The van der Waals surface area contributed by atoms with Gasteiger partial charge in [0.25, 0.3) is 0 Å². The molecule has 1 aromatic rings. The fraction of sp³-hybridized carbons (Fsp3) is 0.636. The van der Waals surface area contributed by atoms with E-state index in [9.17, 15) is 8.42 Å². The molecule has 0 spiro atoms. The highest BCUT2D eigenvalue weighted by Gasteiger charge is 2.24. The summed E-state index contributed by atoms with van der Waals surface area (Å²) in [6.07, 6.45) is 1.50. The zero-order chi connectivity index (χ0) is 13.9. The van der Waals surface area contributed by atoms with Gasteiger partial charge in [-0.05, 0) is 19.8 Å². The fourth-order valence-corrected chi connectivity index (χ4v) is 3.79. The maximum absolute atomic E-state index is 11.6. The second-order valence-electron chi connectivity index (χ2n) is 4.62. The Kier molecular flexibility index (Phi) is 4.08. The Morgan fingerprint density at radius 2 is 2.16 bits per heavy atom. The van der Waals surface area contributed by atoms with Crippen molar-refractivity contribution in [3.05, 3.63) is 6.07 Å². The van der Waals surface area contributed by atoms with Gasteiger partial charge in [-0.1, -0.05) is 0 Å². The second-order valence-corrected chi connectivity index (χ2v) is 6.85. The van der Waals surface area contributed by atoms with Gasteiger partial charge in [0.1, 0.15) is 11.6 Å². The van der Waals surface area contributed by atoms with E-state index in [1.54, 1.807) is 6.07 Å². The van der Waals surface area contributed by atoms with E-state index in [0.29, 0.717) is 18.1 Å². The summed E-state index contributed by atoms with van der Waals surface area (Å²) in [5.41, 5.74) is 5.63. The van der Waals surface area contributed by atoms with Crippen LogP contribution in [-0.2, 0) is 9.84 Å². The third-order valence-electron chi connectivity index (χ3n) is 2.92. The molecule has 7 nitrogen and oxygen atoms in total. The smallest absolute Gasteiger partial charge is 0.223 e. The van der Waals surface area contributed by atoms with E-state index in [1.165, 1.54) is 0 Å². The van der Waals surface area contributed by atoms with E-state index in [-0.39, 0.29) is 23.5 Å². The molecule has 0 saturated carbocycles. The van der Waals surface area contributed by atoms with Gasteiger partial charge < -0.3 is 16.4 Å². The molecular weight excluding hydrogens is 266 g/mol. The number of hydrogen-bond donors (Lipinski definition) is 3. The van der Waals surface area contributed by atoms with Gasteiger partial charge >= 0.3 is 0 Å². The molecule has 19 heavy (non-hydrogen) atoms. The lowest BCUT2D eigenvalue weighted by atomic mass is 10.2. The Morgan fingerprint density at radius 3 is 2.84 bits per heavy atom. The number of nitrogens with two attached hydrogens (primary N) is 1. The van der Waals surface area contributed by atoms with Crippen LogP contribution in [0.25, 0.3) is 0 Å². The quantitative estimate of drug-likeness (QED) is 0.738. The Balaban J connectivity index is 2.10.